The maximum Gasteiger partial charge on any atom is 0.0727 e. The van der Waals surface area contributed by atoms with E-state index in [2.05, 4.69) is 10.2 Å². The molecule has 0 spiro atoms. The van der Waals surface area contributed by atoms with Crippen LogP contribution in [0.5, 0.6) is 0 Å². The number of azo groups is 1. The summed E-state index contributed by atoms with van der Waals surface area (Å²) in [5, 5.41) is 25.5. The van der Waals surface area contributed by atoms with Crippen molar-refractivity contribution in [2.45, 2.75) is 26.8 Å². The van der Waals surface area contributed by atoms with Crippen LogP contribution in [0.3, 0.4) is 0 Å². The van der Waals surface area contributed by atoms with E-state index < -0.39 is 0 Å². The van der Waals surface area contributed by atoms with Gasteiger partial charge in [0, 0.05) is 25.0 Å². The van der Waals surface area contributed by atoms with Crippen molar-refractivity contribution in [1.29, 1.82) is 0 Å². The summed E-state index contributed by atoms with van der Waals surface area (Å²) in [4.78, 5) is 0. The molecule has 0 fully saturated rings. The molecule has 13 heavy (non-hydrogen) atoms. The summed E-state index contributed by atoms with van der Waals surface area (Å²) in [6.45, 7) is 6.60. The molecule has 0 heterocycles. The molecule has 2 N–H and O–H groups in total. The molecule has 0 aliphatic rings. The van der Waals surface area contributed by atoms with Crippen molar-refractivity contribution in [3.63, 3.8) is 0 Å². The van der Waals surface area contributed by atoms with Gasteiger partial charge in [-0.15, -0.1) is 0 Å². The zero-order valence-electron chi connectivity index (χ0n) is 8.64. The second kappa shape index (κ2) is 6.97. The lowest BCUT2D eigenvalue weighted by Gasteiger charge is -2.11. The van der Waals surface area contributed by atoms with E-state index in [0.29, 0.717) is 6.54 Å². The monoisotopic (exact) mass is 188 g/mol. The molecule has 3 unspecified atom stereocenters. The third-order valence-electron chi connectivity index (χ3n) is 2.08. The maximum atomic E-state index is 8.82. The first-order valence-electron chi connectivity index (χ1n) is 4.70. The van der Waals surface area contributed by atoms with Crippen molar-refractivity contribution in [1.82, 2.24) is 0 Å². The van der Waals surface area contributed by atoms with Crippen LogP contribution in [0.25, 0.3) is 0 Å². The minimum atomic E-state index is 0.0518. The normalized spacial score (nSPS) is 18.8. The Morgan fingerprint density at radius 1 is 1.08 bits per heavy atom. The third-order valence-corrected chi connectivity index (χ3v) is 2.08. The van der Waals surface area contributed by atoms with E-state index in [1.54, 1.807) is 0 Å². The van der Waals surface area contributed by atoms with E-state index in [1.165, 1.54) is 0 Å². The van der Waals surface area contributed by atoms with Gasteiger partial charge in [-0.2, -0.15) is 10.2 Å². The summed E-state index contributed by atoms with van der Waals surface area (Å²) in [6, 6.07) is 0.0518. The minimum absolute atomic E-state index is 0.0518. The fourth-order valence-corrected chi connectivity index (χ4v) is 0.639. The third kappa shape index (κ3) is 5.71. The van der Waals surface area contributed by atoms with Gasteiger partial charge in [0.25, 0.3) is 0 Å². The van der Waals surface area contributed by atoms with Crippen molar-refractivity contribution < 1.29 is 10.2 Å². The van der Waals surface area contributed by atoms with Crippen molar-refractivity contribution in [2.75, 3.05) is 19.8 Å². The Hall–Kier alpha value is -0.480. The Labute approximate surface area is 79.7 Å². The van der Waals surface area contributed by atoms with Crippen LogP contribution < -0.4 is 0 Å². The van der Waals surface area contributed by atoms with Crippen LogP contribution in [0.2, 0.25) is 0 Å². The average molecular weight is 188 g/mol. The van der Waals surface area contributed by atoms with Gasteiger partial charge in [0.1, 0.15) is 0 Å². The van der Waals surface area contributed by atoms with Gasteiger partial charge in [0.15, 0.2) is 0 Å². The lowest BCUT2D eigenvalue weighted by molar-refractivity contribution is 0.217. The molecule has 0 aromatic heterocycles. The first-order chi connectivity index (χ1) is 6.11. The number of hydrogen-bond acceptors (Lipinski definition) is 4. The van der Waals surface area contributed by atoms with E-state index in [4.69, 9.17) is 10.2 Å². The van der Waals surface area contributed by atoms with Crippen LogP contribution in [0.1, 0.15) is 20.8 Å². The molecule has 0 aromatic rings. The zero-order chi connectivity index (χ0) is 10.3. The second-order valence-corrected chi connectivity index (χ2v) is 3.63. The molecule has 4 nitrogen and oxygen atoms in total. The fraction of sp³-hybridized carbons (Fsp3) is 1.00. The lowest BCUT2D eigenvalue weighted by Crippen LogP contribution is -2.15. The zero-order valence-corrected chi connectivity index (χ0v) is 8.64. The summed E-state index contributed by atoms with van der Waals surface area (Å²) < 4.78 is 0. The van der Waals surface area contributed by atoms with E-state index >= 15 is 0 Å². The van der Waals surface area contributed by atoms with Crippen molar-refractivity contribution in [2.24, 2.45) is 22.1 Å². The topological polar surface area (TPSA) is 65.2 Å². The summed E-state index contributed by atoms with van der Waals surface area (Å²) in [7, 11) is 0. The van der Waals surface area contributed by atoms with Gasteiger partial charge >= 0.3 is 0 Å². The Kier molecular flexibility index (Phi) is 6.72. The van der Waals surface area contributed by atoms with E-state index in [1.807, 2.05) is 20.8 Å². The van der Waals surface area contributed by atoms with Crippen LogP contribution in [-0.4, -0.2) is 36.0 Å². The number of aliphatic hydroxyl groups excluding tert-OH is 2. The van der Waals surface area contributed by atoms with Crippen LogP contribution in [0, 0.1) is 11.8 Å². The quantitative estimate of drug-likeness (QED) is 0.613. The molecule has 0 saturated heterocycles. The number of rotatable bonds is 6. The molecule has 0 aliphatic heterocycles. The highest BCUT2D eigenvalue weighted by Crippen LogP contribution is 2.06. The highest BCUT2D eigenvalue weighted by Gasteiger charge is 2.09. The highest BCUT2D eigenvalue weighted by atomic mass is 16.3. The summed E-state index contributed by atoms with van der Waals surface area (Å²) in [5.41, 5.74) is 0. The van der Waals surface area contributed by atoms with Crippen molar-refractivity contribution in [3.8, 4) is 0 Å². The molecule has 78 valence electrons. The van der Waals surface area contributed by atoms with E-state index in [-0.39, 0.29) is 31.1 Å². The Bertz CT molecular complexity index is 151. The fourth-order valence-electron chi connectivity index (χ4n) is 0.639. The molecular weight excluding hydrogens is 168 g/mol. The van der Waals surface area contributed by atoms with Crippen LogP contribution in [0.15, 0.2) is 10.2 Å². The Morgan fingerprint density at radius 3 is 2.15 bits per heavy atom. The van der Waals surface area contributed by atoms with Gasteiger partial charge in [0.05, 0.1) is 12.6 Å². The second-order valence-electron chi connectivity index (χ2n) is 3.63. The number of nitrogens with zero attached hydrogens (tertiary/aromatic N) is 2. The summed E-state index contributed by atoms with van der Waals surface area (Å²) >= 11 is 0. The van der Waals surface area contributed by atoms with Gasteiger partial charge in [0.2, 0.25) is 0 Å². The van der Waals surface area contributed by atoms with Crippen LogP contribution in [0.4, 0.5) is 0 Å². The molecule has 0 amide bonds. The predicted octanol–water partition coefficient (Wildman–Crippen LogP) is 1.08. The number of hydrogen-bond donors (Lipinski definition) is 2. The van der Waals surface area contributed by atoms with Gasteiger partial charge in [-0.05, 0) is 6.92 Å². The summed E-state index contributed by atoms with van der Waals surface area (Å²) in [5.74, 6) is 0.313. The standard InChI is InChI=1S/C9H20N2O2/c1-7(5-12)4-10-11-9(3)8(2)6-13/h7-9,12-13H,4-6H2,1-3H3. The average Bonchev–Trinajstić information content (AvgIpc) is 2.15. The molecule has 0 saturated carbocycles. The predicted molar refractivity (Wildman–Crippen MR) is 51.7 cm³/mol. The Balaban J connectivity index is 3.70. The van der Waals surface area contributed by atoms with Gasteiger partial charge in [-0.25, -0.2) is 0 Å². The number of aliphatic hydroxyl groups is 2. The molecular formula is C9H20N2O2. The van der Waals surface area contributed by atoms with E-state index in [9.17, 15) is 0 Å². The molecule has 0 aromatic carbocycles. The molecule has 0 bridgehead atoms. The highest BCUT2D eigenvalue weighted by molar-refractivity contribution is 4.65. The van der Waals surface area contributed by atoms with Gasteiger partial charge < -0.3 is 10.2 Å². The molecule has 0 radical (unpaired) electrons. The van der Waals surface area contributed by atoms with Crippen molar-refractivity contribution >= 4 is 0 Å². The maximum absolute atomic E-state index is 8.82. The van der Waals surface area contributed by atoms with Crippen LogP contribution >= 0.6 is 0 Å². The lowest BCUT2D eigenvalue weighted by atomic mass is 10.1. The molecule has 0 rings (SSSR count). The first-order valence-corrected chi connectivity index (χ1v) is 4.70. The van der Waals surface area contributed by atoms with E-state index in [0.717, 1.165) is 0 Å². The van der Waals surface area contributed by atoms with Crippen molar-refractivity contribution in [3.05, 3.63) is 0 Å². The molecule has 0 aliphatic carbocycles. The smallest absolute Gasteiger partial charge is 0.0727 e. The first kappa shape index (κ1) is 12.5. The van der Waals surface area contributed by atoms with Crippen LogP contribution in [-0.2, 0) is 0 Å². The minimum Gasteiger partial charge on any atom is -0.396 e. The Morgan fingerprint density at radius 2 is 1.69 bits per heavy atom. The SMILES string of the molecule is CC(CO)CN=NC(C)C(C)CO. The molecule has 4 heteroatoms. The van der Waals surface area contributed by atoms with Gasteiger partial charge in [-0.3, -0.25) is 0 Å². The summed E-state index contributed by atoms with van der Waals surface area (Å²) in [6.07, 6.45) is 0. The molecule has 3 atom stereocenters. The van der Waals surface area contributed by atoms with Gasteiger partial charge in [-0.1, -0.05) is 13.8 Å². The largest absolute Gasteiger partial charge is 0.396 e.